The average Bonchev–Trinajstić information content (AvgIpc) is 2.61. The number of aromatic nitrogens is 1. The fourth-order valence-electron chi connectivity index (χ4n) is 2.45. The van der Waals surface area contributed by atoms with E-state index >= 15 is 0 Å². The van der Waals surface area contributed by atoms with Crippen molar-refractivity contribution < 1.29 is 24.2 Å². The highest BCUT2D eigenvalue weighted by molar-refractivity contribution is 5.94. The summed E-state index contributed by atoms with van der Waals surface area (Å²) in [5.74, 6) is -0.534. The Hall–Kier alpha value is -2.93. The van der Waals surface area contributed by atoms with Gasteiger partial charge >= 0.3 is 5.97 Å². The van der Waals surface area contributed by atoms with Crippen molar-refractivity contribution in [3.05, 3.63) is 58.9 Å². The number of pyridine rings is 1. The van der Waals surface area contributed by atoms with E-state index in [-0.39, 0.29) is 25.7 Å². The molecule has 7 heteroatoms. The van der Waals surface area contributed by atoms with Gasteiger partial charge in [0.2, 0.25) is 0 Å². The predicted octanol–water partition coefficient (Wildman–Crippen LogP) is 2.11. The van der Waals surface area contributed by atoms with Crippen molar-refractivity contribution in [3.63, 3.8) is 0 Å². The highest BCUT2D eigenvalue weighted by Gasteiger charge is 2.12. The largest absolute Gasteiger partial charge is 0.488 e. The lowest BCUT2D eigenvalue weighted by Crippen LogP contribution is -2.28. The summed E-state index contributed by atoms with van der Waals surface area (Å²) in [5, 5.41) is 11.2. The summed E-state index contributed by atoms with van der Waals surface area (Å²) in [5.41, 5.74) is 3.21. The lowest BCUT2D eigenvalue weighted by molar-refractivity contribution is -0.142. The highest BCUT2D eigenvalue weighted by Crippen LogP contribution is 2.25. The summed E-state index contributed by atoms with van der Waals surface area (Å²) in [6.45, 7) is 4.18. The zero-order chi connectivity index (χ0) is 18.9. The quantitative estimate of drug-likeness (QED) is 0.666. The molecule has 2 N–H and O–H groups in total. The zero-order valence-corrected chi connectivity index (χ0v) is 14.8. The molecule has 0 saturated carbocycles. The Kier molecular flexibility index (Phi) is 7.11. The van der Waals surface area contributed by atoms with Crippen molar-refractivity contribution in [2.45, 2.75) is 20.5 Å². The normalized spacial score (nSPS) is 10.4. The summed E-state index contributed by atoms with van der Waals surface area (Å²) in [7, 11) is 0. The molecule has 0 unspecified atom stereocenters. The number of carbonyl (C=O) groups is 2. The van der Waals surface area contributed by atoms with Crippen molar-refractivity contribution in [3.8, 4) is 5.75 Å². The number of carbonyl (C=O) groups excluding carboxylic acids is 1. The molecule has 1 aromatic carbocycles. The Morgan fingerprint density at radius 1 is 1.23 bits per heavy atom. The minimum absolute atomic E-state index is 0.141. The molecule has 0 spiro atoms. The highest BCUT2D eigenvalue weighted by atomic mass is 16.5. The molecule has 2 rings (SSSR count). The average molecular weight is 358 g/mol. The van der Waals surface area contributed by atoms with Gasteiger partial charge in [0, 0.05) is 30.1 Å². The van der Waals surface area contributed by atoms with Gasteiger partial charge in [0.25, 0.3) is 5.91 Å². The molecule has 0 radical (unpaired) electrons. The van der Waals surface area contributed by atoms with Crippen LogP contribution in [0.15, 0.2) is 36.7 Å². The van der Waals surface area contributed by atoms with E-state index in [0.29, 0.717) is 12.2 Å². The second-order valence-corrected chi connectivity index (χ2v) is 5.79. The zero-order valence-electron chi connectivity index (χ0n) is 14.8. The molecule has 0 bridgehead atoms. The molecule has 1 aromatic heterocycles. The lowest BCUT2D eigenvalue weighted by Gasteiger charge is -2.14. The third-order valence-electron chi connectivity index (χ3n) is 3.59. The first-order valence-corrected chi connectivity index (χ1v) is 8.18. The first-order chi connectivity index (χ1) is 12.5. The number of carboxylic acids is 1. The molecule has 26 heavy (non-hydrogen) atoms. The molecule has 0 fully saturated rings. The third-order valence-corrected chi connectivity index (χ3v) is 3.59. The van der Waals surface area contributed by atoms with Gasteiger partial charge in [0.15, 0.2) is 0 Å². The van der Waals surface area contributed by atoms with Crippen LogP contribution in [-0.4, -0.2) is 41.7 Å². The molecule has 138 valence electrons. The van der Waals surface area contributed by atoms with Crippen LogP contribution in [0.25, 0.3) is 0 Å². The Balaban J connectivity index is 1.92. The monoisotopic (exact) mass is 358 g/mol. The second kappa shape index (κ2) is 9.53. The predicted molar refractivity (Wildman–Crippen MR) is 95.3 cm³/mol. The minimum Gasteiger partial charge on any atom is -0.488 e. The number of nitrogens with one attached hydrogen (secondary N) is 1. The van der Waals surface area contributed by atoms with Crippen molar-refractivity contribution in [1.29, 1.82) is 0 Å². The van der Waals surface area contributed by atoms with E-state index in [1.807, 2.05) is 26.0 Å². The molecular weight excluding hydrogens is 336 g/mol. The summed E-state index contributed by atoms with van der Waals surface area (Å²) in [6.07, 6.45) is 3.46. The molecule has 0 aliphatic rings. The number of hydrogen-bond acceptors (Lipinski definition) is 5. The molecule has 7 nitrogen and oxygen atoms in total. The van der Waals surface area contributed by atoms with E-state index in [2.05, 4.69) is 10.3 Å². The number of aryl methyl sites for hydroxylation is 2. The summed E-state index contributed by atoms with van der Waals surface area (Å²) >= 11 is 0. The summed E-state index contributed by atoms with van der Waals surface area (Å²) in [6, 6.07) is 7.32. The van der Waals surface area contributed by atoms with E-state index in [1.165, 1.54) is 0 Å². The molecule has 0 saturated heterocycles. The van der Waals surface area contributed by atoms with Crippen LogP contribution in [0.5, 0.6) is 5.75 Å². The fourth-order valence-corrected chi connectivity index (χ4v) is 2.45. The molecule has 1 amide bonds. The first-order valence-electron chi connectivity index (χ1n) is 8.18. The molecular formula is C19H22N2O5. The Bertz CT molecular complexity index is 739. The maximum absolute atomic E-state index is 12.2. The van der Waals surface area contributed by atoms with Crippen LogP contribution in [0.3, 0.4) is 0 Å². The first kappa shape index (κ1) is 19.4. The number of amides is 1. The molecule has 1 heterocycles. The fraction of sp³-hybridized carbons (Fsp3) is 0.316. The van der Waals surface area contributed by atoms with Crippen molar-refractivity contribution in [2.24, 2.45) is 0 Å². The summed E-state index contributed by atoms with van der Waals surface area (Å²) in [4.78, 5) is 26.6. The van der Waals surface area contributed by atoms with Crippen molar-refractivity contribution in [1.82, 2.24) is 10.3 Å². The maximum Gasteiger partial charge on any atom is 0.329 e. The van der Waals surface area contributed by atoms with Crippen LogP contribution in [0.1, 0.15) is 27.0 Å². The molecule has 0 atom stereocenters. The van der Waals surface area contributed by atoms with Gasteiger partial charge in [-0.05, 0) is 43.2 Å². The summed E-state index contributed by atoms with van der Waals surface area (Å²) < 4.78 is 10.8. The van der Waals surface area contributed by atoms with Gasteiger partial charge in [0.1, 0.15) is 19.0 Å². The van der Waals surface area contributed by atoms with Crippen molar-refractivity contribution in [2.75, 3.05) is 19.8 Å². The minimum atomic E-state index is -1.04. The SMILES string of the molecule is Cc1cc(C(=O)NCCOCC(=O)O)cc(C)c1OCc1cccnc1. The second-order valence-electron chi connectivity index (χ2n) is 5.79. The van der Waals surface area contributed by atoms with Gasteiger partial charge in [-0.25, -0.2) is 4.79 Å². The van der Waals surface area contributed by atoms with Crippen LogP contribution >= 0.6 is 0 Å². The number of benzene rings is 1. The van der Waals surface area contributed by atoms with Crippen LogP contribution in [0.2, 0.25) is 0 Å². The van der Waals surface area contributed by atoms with E-state index < -0.39 is 5.97 Å². The van der Waals surface area contributed by atoms with Gasteiger partial charge in [-0.3, -0.25) is 9.78 Å². The standard InChI is InChI=1S/C19H22N2O5/c1-13-8-16(19(24)21-6-7-25-12-17(22)23)9-14(2)18(13)26-11-15-4-3-5-20-10-15/h3-5,8-10H,6-7,11-12H2,1-2H3,(H,21,24)(H,22,23). The Morgan fingerprint density at radius 2 is 1.96 bits per heavy atom. The maximum atomic E-state index is 12.2. The third kappa shape index (κ3) is 5.86. The molecule has 0 aliphatic carbocycles. The van der Waals surface area contributed by atoms with Gasteiger partial charge in [-0.2, -0.15) is 0 Å². The van der Waals surface area contributed by atoms with Gasteiger partial charge in [-0.15, -0.1) is 0 Å². The topological polar surface area (TPSA) is 97.8 Å². The van der Waals surface area contributed by atoms with E-state index in [9.17, 15) is 9.59 Å². The van der Waals surface area contributed by atoms with Crippen LogP contribution in [0.4, 0.5) is 0 Å². The Morgan fingerprint density at radius 3 is 2.58 bits per heavy atom. The smallest absolute Gasteiger partial charge is 0.329 e. The van der Waals surface area contributed by atoms with E-state index in [0.717, 1.165) is 22.4 Å². The van der Waals surface area contributed by atoms with Gasteiger partial charge in [-0.1, -0.05) is 6.07 Å². The number of carboxylic acid groups (broad SMARTS) is 1. The number of rotatable bonds is 9. The van der Waals surface area contributed by atoms with E-state index in [1.54, 1.807) is 24.5 Å². The number of nitrogens with zero attached hydrogens (tertiary/aromatic N) is 1. The number of ether oxygens (including phenoxy) is 2. The van der Waals surface area contributed by atoms with E-state index in [4.69, 9.17) is 14.6 Å². The number of hydrogen-bond donors (Lipinski definition) is 2. The van der Waals surface area contributed by atoms with Crippen molar-refractivity contribution >= 4 is 11.9 Å². The lowest BCUT2D eigenvalue weighted by atomic mass is 10.0. The van der Waals surface area contributed by atoms with Crippen LogP contribution < -0.4 is 10.1 Å². The van der Waals surface area contributed by atoms with Gasteiger partial charge < -0.3 is 19.9 Å². The molecule has 0 aliphatic heterocycles. The number of aliphatic carboxylic acids is 1. The Labute approximate surface area is 152 Å². The molecule has 2 aromatic rings. The van der Waals surface area contributed by atoms with Crippen LogP contribution in [-0.2, 0) is 16.1 Å². The van der Waals surface area contributed by atoms with Gasteiger partial charge in [0.05, 0.1) is 6.61 Å². The van der Waals surface area contributed by atoms with Crippen LogP contribution in [0, 0.1) is 13.8 Å².